The van der Waals surface area contributed by atoms with Gasteiger partial charge in [-0.2, -0.15) is 0 Å². The summed E-state index contributed by atoms with van der Waals surface area (Å²) in [5.41, 5.74) is 0.859. The lowest BCUT2D eigenvalue weighted by atomic mass is 9.86. The molecule has 5 nitrogen and oxygen atoms in total. The fraction of sp³-hybridized carbons (Fsp3) is 0.500. The summed E-state index contributed by atoms with van der Waals surface area (Å²) in [7, 11) is 0. The lowest BCUT2D eigenvalue weighted by molar-refractivity contribution is -0.122. The number of nitrogens with zero attached hydrogens (tertiary/aromatic N) is 1. The van der Waals surface area contributed by atoms with Crippen LogP contribution in [-0.2, 0) is 4.79 Å². The van der Waals surface area contributed by atoms with Crippen molar-refractivity contribution in [1.82, 2.24) is 10.2 Å². The van der Waals surface area contributed by atoms with Crippen molar-refractivity contribution in [2.24, 2.45) is 5.92 Å². The molecule has 1 N–H and O–H groups in total. The lowest BCUT2D eigenvalue weighted by Crippen LogP contribution is -2.42. The van der Waals surface area contributed by atoms with Crippen LogP contribution in [-0.4, -0.2) is 35.2 Å². The third-order valence-corrected chi connectivity index (χ3v) is 4.90. The van der Waals surface area contributed by atoms with Gasteiger partial charge in [0.1, 0.15) is 0 Å². The van der Waals surface area contributed by atoms with E-state index in [-0.39, 0.29) is 36.7 Å². The Hall–Kier alpha value is -2.17. The van der Waals surface area contributed by atoms with Crippen molar-refractivity contribution in [3.63, 3.8) is 0 Å². The molecule has 1 aliphatic heterocycles. The summed E-state index contributed by atoms with van der Waals surface area (Å²) in [4.78, 5) is 37.8. The Morgan fingerprint density at radius 1 is 1.13 bits per heavy atom. The van der Waals surface area contributed by atoms with Crippen molar-refractivity contribution in [3.8, 4) is 0 Å². The Balaban J connectivity index is 1.56. The third kappa shape index (κ3) is 3.14. The molecule has 122 valence electrons. The van der Waals surface area contributed by atoms with Crippen molar-refractivity contribution >= 4 is 17.7 Å². The second-order valence-electron chi connectivity index (χ2n) is 6.49. The molecule has 0 saturated heterocycles. The second-order valence-corrected chi connectivity index (χ2v) is 6.49. The van der Waals surface area contributed by atoms with E-state index in [2.05, 4.69) is 12.2 Å². The Bertz CT molecular complexity index is 606. The minimum Gasteiger partial charge on any atom is -0.353 e. The van der Waals surface area contributed by atoms with Gasteiger partial charge in [0.25, 0.3) is 11.8 Å². The van der Waals surface area contributed by atoms with E-state index >= 15 is 0 Å². The Morgan fingerprint density at radius 3 is 2.35 bits per heavy atom. The van der Waals surface area contributed by atoms with E-state index in [1.807, 2.05) is 0 Å². The predicted molar refractivity (Wildman–Crippen MR) is 86.0 cm³/mol. The molecule has 2 aliphatic rings. The first-order valence-corrected chi connectivity index (χ1v) is 8.32. The average Bonchev–Trinajstić information content (AvgIpc) is 2.80. The van der Waals surface area contributed by atoms with Crippen LogP contribution in [0, 0.1) is 5.92 Å². The predicted octanol–water partition coefficient (Wildman–Crippen LogP) is 2.37. The molecule has 0 unspecified atom stereocenters. The first kappa shape index (κ1) is 15.7. The molecular formula is C18H22N2O3. The highest BCUT2D eigenvalue weighted by atomic mass is 16.2. The fourth-order valence-corrected chi connectivity index (χ4v) is 3.47. The van der Waals surface area contributed by atoms with E-state index in [0.717, 1.165) is 19.3 Å². The van der Waals surface area contributed by atoms with E-state index in [1.54, 1.807) is 24.3 Å². The number of fused-ring (bicyclic) bond motifs is 1. The number of benzene rings is 1. The first-order chi connectivity index (χ1) is 11.1. The first-order valence-electron chi connectivity index (χ1n) is 8.32. The molecular weight excluding hydrogens is 292 g/mol. The summed E-state index contributed by atoms with van der Waals surface area (Å²) < 4.78 is 0. The maximum Gasteiger partial charge on any atom is 0.261 e. The van der Waals surface area contributed by atoms with Gasteiger partial charge in [0, 0.05) is 19.0 Å². The molecule has 0 bridgehead atoms. The summed E-state index contributed by atoms with van der Waals surface area (Å²) in [6.45, 7) is 2.30. The molecule has 1 heterocycles. The summed E-state index contributed by atoms with van der Waals surface area (Å²) in [5, 5.41) is 3.06. The van der Waals surface area contributed by atoms with Crippen molar-refractivity contribution in [3.05, 3.63) is 35.4 Å². The van der Waals surface area contributed by atoms with Gasteiger partial charge in [-0.15, -0.1) is 0 Å². The fourth-order valence-electron chi connectivity index (χ4n) is 3.47. The standard InChI is InChI=1S/C18H22N2O3/c1-12-6-2-5-9-15(12)19-16(21)10-11-20-17(22)13-7-3-4-8-14(13)18(20)23/h3-4,7-8,12,15H,2,5-6,9-11H2,1H3,(H,19,21)/t12-,15+/m1/s1. The quantitative estimate of drug-likeness (QED) is 0.868. The van der Waals surface area contributed by atoms with Crippen LogP contribution in [0.2, 0.25) is 0 Å². The van der Waals surface area contributed by atoms with Gasteiger partial charge in [-0.05, 0) is 30.9 Å². The number of nitrogens with one attached hydrogen (secondary N) is 1. The number of rotatable bonds is 4. The maximum atomic E-state index is 12.2. The van der Waals surface area contributed by atoms with Gasteiger partial charge < -0.3 is 5.32 Å². The zero-order valence-corrected chi connectivity index (χ0v) is 13.4. The van der Waals surface area contributed by atoms with Gasteiger partial charge in [-0.3, -0.25) is 19.3 Å². The molecule has 0 radical (unpaired) electrons. The second kappa shape index (κ2) is 6.52. The summed E-state index contributed by atoms with van der Waals surface area (Å²) in [6.07, 6.45) is 4.69. The molecule has 3 amide bonds. The van der Waals surface area contributed by atoms with Crippen LogP contribution in [0.25, 0.3) is 0 Å². The summed E-state index contributed by atoms with van der Waals surface area (Å²) in [5.74, 6) is -0.193. The van der Waals surface area contributed by atoms with E-state index in [1.165, 1.54) is 11.3 Å². The molecule has 1 aromatic rings. The van der Waals surface area contributed by atoms with Gasteiger partial charge in [-0.1, -0.05) is 31.9 Å². The monoisotopic (exact) mass is 314 g/mol. The highest BCUT2D eigenvalue weighted by Gasteiger charge is 2.35. The number of hydrogen-bond acceptors (Lipinski definition) is 3. The van der Waals surface area contributed by atoms with E-state index < -0.39 is 0 Å². The summed E-state index contributed by atoms with van der Waals surface area (Å²) in [6, 6.07) is 7.01. The van der Waals surface area contributed by atoms with Crippen molar-refractivity contribution in [1.29, 1.82) is 0 Å². The third-order valence-electron chi connectivity index (χ3n) is 4.90. The van der Waals surface area contributed by atoms with Crippen LogP contribution in [0.4, 0.5) is 0 Å². The van der Waals surface area contributed by atoms with Crippen LogP contribution in [0.5, 0.6) is 0 Å². The smallest absolute Gasteiger partial charge is 0.261 e. The SMILES string of the molecule is C[C@@H]1CCCC[C@@H]1NC(=O)CCN1C(=O)c2ccccc2C1=O. The number of hydrogen-bond donors (Lipinski definition) is 1. The average molecular weight is 314 g/mol. The molecule has 2 atom stereocenters. The van der Waals surface area contributed by atoms with Crippen molar-refractivity contribution < 1.29 is 14.4 Å². The molecule has 0 spiro atoms. The largest absolute Gasteiger partial charge is 0.353 e. The zero-order chi connectivity index (χ0) is 16.4. The van der Waals surface area contributed by atoms with Gasteiger partial charge >= 0.3 is 0 Å². The number of carbonyl (C=O) groups excluding carboxylic acids is 3. The minimum absolute atomic E-state index is 0.0830. The van der Waals surface area contributed by atoms with E-state index in [9.17, 15) is 14.4 Å². The van der Waals surface area contributed by atoms with Crippen molar-refractivity contribution in [2.75, 3.05) is 6.54 Å². The Labute approximate surface area is 136 Å². The molecule has 1 aliphatic carbocycles. The minimum atomic E-state index is -0.301. The van der Waals surface area contributed by atoms with Crippen LogP contribution in [0.3, 0.4) is 0 Å². The highest BCUT2D eigenvalue weighted by Crippen LogP contribution is 2.24. The maximum absolute atomic E-state index is 12.2. The number of imide groups is 1. The van der Waals surface area contributed by atoms with Gasteiger partial charge in [-0.25, -0.2) is 0 Å². The molecule has 1 fully saturated rings. The van der Waals surface area contributed by atoms with E-state index in [0.29, 0.717) is 17.0 Å². The lowest BCUT2D eigenvalue weighted by Gasteiger charge is -2.29. The molecule has 1 aromatic carbocycles. The number of carbonyl (C=O) groups is 3. The van der Waals surface area contributed by atoms with Crippen LogP contribution in [0.1, 0.15) is 59.7 Å². The molecule has 0 aromatic heterocycles. The molecule has 3 rings (SSSR count). The molecule has 5 heteroatoms. The van der Waals surface area contributed by atoms with Gasteiger partial charge in [0.15, 0.2) is 0 Å². The van der Waals surface area contributed by atoms with Crippen LogP contribution >= 0.6 is 0 Å². The highest BCUT2D eigenvalue weighted by molar-refractivity contribution is 6.21. The van der Waals surface area contributed by atoms with Crippen LogP contribution in [0.15, 0.2) is 24.3 Å². The number of amides is 3. The Kier molecular flexibility index (Phi) is 4.46. The normalized spacial score (nSPS) is 23.8. The summed E-state index contributed by atoms with van der Waals surface area (Å²) >= 11 is 0. The molecule has 23 heavy (non-hydrogen) atoms. The topological polar surface area (TPSA) is 66.5 Å². The van der Waals surface area contributed by atoms with E-state index in [4.69, 9.17) is 0 Å². The Morgan fingerprint density at radius 2 is 1.74 bits per heavy atom. The molecule has 1 saturated carbocycles. The van der Waals surface area contributed by atoms with Gasteiger partial charge in [0.2, 0.25) is 5.91 Å². The van der Waals surface area contributed by atoms with Crippen LogP contribution < -0.4 is 5.32 Å². The van der Waals surface area contributed by atoms with Gasteiger partial charge in [0.05, 0.1) is 11.1 Å². The van der Waals surface area contributed by atoms with Crippen molar-refractivity contribution in [2.45, 2.75) is 45.1 Å². The zero-order valence-electron chi connectivity index (χ0n) is 13.4.